The van der Waals surface area contributed by atoms with Crippen molar-refractivity contribution in [2.45, 2.75) is 26.2 Å². The van der Waals surface area contributed by atoms with Crippen LogP contribution in [-0.2, 0) is 5.41 Å². The summed E-state index contributed by atoms with van der Waals surface area (Å²) >= 11 is 0. The number of hydrogen-bond donors (Lipinski definition) is 1. The Hall–Kier alpha value is -1.75. The van der Waals surface area contributed by atoms with Gasteiger partial charge >= 0.3 is 0 Å². The Balaban J connectivity index is 2.52. The van der Waals surface area contributed by atoms with E-state index >= 15 is 0 Å². The summed E-state index contributed by atoms with van der Waals surface area (Å²) in [5, 5.41) is 4.42. The molecule has 0 saturated carbocycles. The zero-order valence-corrected chi connectivity index (χ0v) is 10.3. The van der Waals surface area contributed by atoms with Crippen LogP contribution < -0.4 is 5.73 Å². The smallest absolute Gasteiger partial charge is 0.179 e. The molecule has 5 nitrogen and oxygen atoms in total. The predicted octanol–water partition coefficient (Wildman–Crippen LogP) is 1.17. The number of carbonyl (C=O) groups is 1. The summed E-state index contributed by atoms with van der Waals surface area (Å²) in [6, 6.07) is 1.93. The highest BCUT2D eigenvalue weighted by atomic mass is 16.1. The van der Waals surface area contributed by atoms with Gasteiger partial charge in [-0.15, -0.1) is 0 Å². The molecule has 90 valence electrons. The molecule has 5 heteroatoms. The second-order valence-electron chi connectivity index (χ2n) is 5.05. The maximum Gasteiger partial charge on any atom is 0.179 e. The second kappa shape index (κ2) is 3.92. The molecule has 2 heterocycles. The van der Waals surface area contributed by atoms with Crippen LogP contribution in [0.4, 0.5) is 0 Å². The first-order valence-corrected chi connectivity index (χ1v) is 5.51. The van der Waals surface area contributed by atoms with E-state index in [0.29, 0.717) is 5.56 Å². The van der Waals surface area contributed by atoms with Gasteiger partial charge in [0.1, 0.15) is 0 Å². The maximum atomic E-state index is 11.5. The summed E-state index contributed by atoms with van der Waals surface area (Å²) in [7, 11) is 0. The monoisotopic (exact) mass is 232 g/mol. The molecule has 2 aromatic rings. The van der Waals surface area contributed by atoms with Crippen LogP contribution in [-0.4, -0.2) is 26.9 Å². The summed E-state index contributed by atoms with van der Waals surface area (Å²) in [4.78, 5) is 15.7. The average molecular weight is 232 g/mol. The Bertz CT molecular complexity index is 565. The SMILES string of the molecule is CC(C)(C)c1cc2ncc(C(=O)CN)cn2n1. The quantitative estimate of drug-likeness (QED) is 0.789. The van der Waals surface area contributed by atoms with E-state index in [0.717, 1.165) is 11.3 Å². The van der Waals surface area contributed by atoms with E-state index in [1.807, 2.05) is 6.07 Å². The molecule has 0 aliphatic heterocycles. The molecule has 0 unspecified atom stereocenters. The molecule has 0 aliphatic rings. The van der Waals surface area contributed by atoms with Gasteiger partial charge in [-0.25, -0.2) is 9.50 Å². The van der Waals surface area contributed by atoms with E-state index in [-0.39, 0.29) is 17.7 Å². The van der Waals surface area contributed by atoms with Gasteiger partial charge in [-0.1, -0.05) is 20.8 Å². The van der Waals surface area contributed by atoms with Crippen molar-refractivity contribution in [1.29, 1.82) is 0 Å². The molecule has 0 saturated heterocycles. The third kappa shape index (κ3) is 2.19. The van der Waals surface area contributed by atoms with Crippen LogP contribution in [0.1, 0.15) is 36.8 Å². The zero-order chi connectivity index (χ0) is 12.6. The molecular weight excluding hydrogens is 216 g/mol. The topological polar surface area (TPSA) is 73.3 Å². The Morgan fingerprint density at radius 2 is 2.18 bits per heavy atom. The van der Waals surface area contributed by atoms with Crippen molar-refractivity contribution in [3.05, 3.63) is 29.7 Å². The van der Waals surface area contributed by atoms with E-state index in [4.69, 9.17) is 5.73 Å². The highest BCUT2D eigenvalue weighted by Crippen LogP contribution is 2.21. The number of carbonyl (C=O) groups excluding carboxylic acids is 1. The molecule has 0 radical (unpaired) electrons. The van der Waals surface area contributed by atoms with Crippen LogP contribution in [0.5, 0.6) is 0 Å². The van der Waals surface area contributed by atoms with Gasteiger partial charge in [0.15, 0.2) is 11.4 Å². The minimum absolute atomic E-state index is 0.0133. The van der Waals surface area contributed by atoms with E-state index < -0.39 is 0 Å². The molecular formula is C12H16N4O. The summed E-state index contributed by atoms with van der Waals surface area (Å²) in [5.74, 6) is -0.132. The van der Waals surface area contributed by atoms with E-state index in [2.05, 4.69) is 30.9 Å². The predicted molar refractivity (Wildman–Crippen MR) is 65.1 cm³/mol. The fraction of sp³-hybridized carbons (Fsp3) is 0.417. The van der Waals surface area contributed by atoms with Gasteiger partial charge < -0.3 is 5.73 Å². The van der Waals surface area contributed by atoms with E-state index in [1.54, 1.807) is 16.9 Å². The van der Waals surface area contributed by atoms with Crippen LogP contribution >= 0.6 is 0 Å². The molecule has 0 aromatic carbocycles. The minimum atomic E-state index is -0.132. The van der Waals surface area contributed by atoms with Gasteiger partial charge in [-0.05, 0) is 0 Å². The highest BCUT2D eigenvalue weighted by molar-refractivity contribution is 5.97. The van der Waals surface area contributed by atoms with Crippen molar-refractivity contribution in [2.24, 2.45) is 5.73 Å². The van der Waals surface area contributed by atoms with Crippen molar-refractivity contribution in [2.75, 3.05) is 6.54 Å². The van der Waals surface area contributed by atoms with Crippen LogP contribution in [0, 0.1) is 0 Å². The summed E-state index contributed by atoms with van der Waals surface area (Å²) in [6.45, 7) is 6.24. The van der Waals surface area contributed by atoms with Gasteiger partial charge in [0.25, 0.3) is 0 Å². The van der Waals surface area contributed by atoms with Crippen molar-refractivity contribution >= 4 is 11.4 Å². The highest BCUT2D eigenvalue weighted by Gasteiger charge is 2.18. The Morgan fingerprint density at radius 1 is 1.47 bits per heavy atom. The average Bonchev–Trinajstić information content (AvgIpc) is 2.70. The fourth-order valence-electron chi connectivity index (χ4n) is 1.51. The van der Waals surface area contributed by atoms with Gasteiger partial charge in [-0.3, -0.25) is 4.79 Å². The first kappa shape index (κ1) is 11.7. The number of ketones is 1. The van der Waals surface area contributed by atoms with Gasteiger partial charge in [0, 0.05) is 23.9 Å². The number of nitrogens with two attached hydrogens (primary N) is 1. The van der Waals surface area contributed by atoms with Crippen LogP contribution in [0.3, 0.4) is 0 Å². The lowest BCUT2D eigenvalue weighted by molar-refractivity contribution is 0.100. The first-order chi connectivity index (χ1) is 7.91. The van der Waals surface area contributed by atoms with Crippen LogP contribution in [0.2, 0.25) is 0 Å². The van der Waals surface area contributed by atoms with E-state index in [9.17, 15) is 4.79 Å². The number of Topliss-reactive ketones (excluding diaryl/α,β-unsaturated/α-hetero) is 1. The molecule has 0 aliphatic carbocycles. The Kier molecular flexibility index (Phi) is 2.71. The number of hydrogen-bond acceptors (Lipinski definition) is 4. The van der Waals surface area contributed by atoms with Crippen molar-refractivity contribution < 1.29 is 4.79 Å². The first-order valence-electron chi connectivity index (χ1n) is 5.51. The van der Waals surface area contributed by atoms with Gasteiger partial charge in [0.2, 0.25) is 0 Å². The molecule has 0 atom stereocenters. The lowest BCUT2D eigenvalue weighted by Crippen LogP contribution is -2.15. The van der Waals surface area contributed by atoms with Gasteiger partial charge in [-0.2, -0.15) is 5.10 Å². The number of rotatable bonds is 2. The summed E-state index contributed by atoms with van der Waals surface area (Å²) < 4.78 is 1.63. The van der Waals surface area contributed by atoms with Crippen LogP contribution in [0.25, 0.3) is 5.65 Å². The Labute approximate surface area is 99.6 Å². The maximum absolute atomic E-state index is 11.5. The second-order valence-corrected chi connectivity index (χ2v) is 5.05. The molecule has 0 bridgehead atoms. The third-order valence-electron chi connectivity index (χ3n) is 2.59. The third-order valence-corrected chi connectivity index (χ3v) is 2.59. The standard InChI is InChI=1S/C12H16N4O/c1-12(2,3)10-4-11-14-6-8(9(17)5-13)7-16(11)15-10/h4,6-7H,5,13H2,1-3H3. The van der Waals surface area contributed by atoms with Crippen molar-refractivity contribution in [1.82, 2.24) is 14.6 Å². The molecule has 0 spiro atoms. The normalized spacial score (nSPS) is 12.0. The number of nitrogens with zero attached hydrogens (tertiary/aromatic N) is 3. The van der Waals surface area contributed by atoms with Crippen molar-refractivity contribution in [3.8, 4) is 0 Å². The molecule has 0 amide bonds. The lowest BCUT2D eigenvalue weighted by atomic mass is 9.93. The summed E-state index contributed by atoms with van der Waals surface area (Å²) in [5.41, 5.74) is 7.46. The number of aromatic nitrogens is 3. The van der Waals surface area contributed by atoms with E-state index in [1.165, 1.54) is 0 Å². The molecule has 2 rings (SSSR count). The van der Waals surface area contributed by atoms with Crippen LogP contribution in [0.15, 0.2) is 18.5 Å². The minimum Gasteiger partial charge on any atom is -0.324 e. The molecule has 2 aromatic heterocycles. The number of fused-ring (bicyclic) bond motifs is 1. The summed E-state index contributed by atoms with van der Waals surface area (Å²) in [6.07, 6.45) is 3.21. The lowest BCUT2D eigenvalue weighted by Gasteiger charge is -2.13. The molecule has 0 fully saturated rings. The molecule has 17 heavy (non-hydrogen) atoms. The Morgan fingerprint density at radius 3 is 2.76 bits per heavy atom. The zero-order valence-electron chi connectivity index (χ0n) is 10.3. The molecule has 2 N–H and O–H groups in total. The van der Waals surface area contributed by atoms with Crippen molar-refractivity contribution in [3.63, 3.8) is 0 Å². The van der Waals surface area contributed by atoms with Gasteiger partial charge in [0.05, 0.1) is 17.8 Å². The largest absolute Gasteiger partial charge is 0.324 e. The fourth-order valence-corrected chi connectivity index (χ4v) is 1.51.